The van der Waals surface area contributed by atoms with Gasteiger partial charge in [-0.25, -0.2) is 29.1 Å². The third-order valence-electron chi connectivity index (χ3n) is 12.0. The Kier molecular flexibility index (Phi) is 13.0. The maximum Gasteiger partial charge on any atom is 0.345 e. The van der Waals surface area contributed by atoms with E-state index in [1.807, 2.05) is 13.8 Å². The van der Waals surface area contributed by atoms with E-state index in [4.69, 9.17) is 42.1 Å². The molecule has 0 unspecified atom stereocenters. The van der Waals surface area contributed by atoms with Crippen LogP contribution in [0.5, 0.6) is 23.1 Å². The summed E-state index contributed by atoms with van der Waals surface area (Å²) in [6.45, 7) is 8.07. The minimum absolute atomic E-state index is 0.00507. The molecule has 4 aliphatic rings. The van der Waals surface area contributed by atoms with Crippen molar-refractivity contribution in [2.75, 3.05) is 64.4 Å². The number of thiophene rings is 1. The zero-order valence-electron chi connectivity index (χ0n) is 35.7. The number of carbonyl (C=O) groups is 1. The van der Waals surface area contributed by atoms with E-state index >= 15 is 0 Å². The summed E-state index contributed by atoms with van der Waals surface area (Å²) in [6, 6.07) is 12.9. The first kappa shape index (κ1) is 44.8. The lowest BCUT2D eigenvalue weighted by Gasteiger charge is -2.35. The molecule has 340 valence electrons. The number of fused-ring (bicyclic) bond motifs is 7. The Hall–Kier alpha value is -5.40. The van der Waals surface area contributed by atoms with Crippen LogP contribution in [-0.4, -0.2) is 135 Å². The molecule has 3 aromatic carbocycles. The third kappa shape index (κ3) is 9.36. The monoisotopic (exact) mass is 945 g/mol. The molecule has 0 amide bonds. The summed E-state index contributed by atoms with van der Waals surface area (Å²) in [5, 5.41) is 32.0. The van der Waals surface area contributed by atoms with Crippen LogP contribution < -0.4 is 23.8 Å². The Balaban J connectivity index is 1.16. The Morgan fingerprint density at radius 2 is 1.66 bits per heavy atom. The maximum atomic E-state index is 14.3. The second-order valence-corrected chi connectivity index (χ2v) is 18.3. The number of hydrogen-bond donors (Lipinski definition) is 3. The first-order chi connectivity index (χ1) is 31.3. The van der Waals surface area contributed by atoms with E-state index in [0.29, 0.717) is 83.9 Å². The van der Waals surface area contributed by atoms with E-state index in [1.54, 1.807) is 47.5 Å². The van der Waals surface area contributed by atoms with Crippen molar-refractivity contribution in [2.45, 2.75) is 51.3 Å². The van der Waals surface area contributed by atoms with Crippen molar-refractivity contribution in [3.63, 3.8) is 0 Å². The Morgan fingerprint density at radius 3 is 2.37 bits per heavy atom. The number of anilines is 1. The average Bonchev–Trinajstić information content (AvgIpc) is 3.85. The molecular weight excluding hydrogens is 901 g/mol. The Bertz CT molecular complexity index is 2700. The van der Waals surface area contributed by atoms with Gasteiger partial charge in [0.15, 0.2) is 5.75 Å². The highest BCUT2D eigenvalue weighted by atomic mass is 35.5. The number of aliphatic carboxylic acids is 1. The molecule has 19 heteroatoms. The minimum atomic E-state index is -1.49. The van der Waals surface area contributed by atoms with Crippen LogP contribution in [0.3, 0.4) is 0 Å². The molecule has 4 bridgehead atoms. The van der Waals surface area contributed by atoms with Gasteiger partial charge in [0.05, 0.1) is 33.3 Å². The molecule has 2 saturated heterocycles. The lowest BCUT2D eigenvalue weighted by Crippen LogP contribution is -2.49. The number of rotatable bonds is 8. The molecule has 10 rings (SSSR count). The van der Waals surface area contributed by atoms with Crippen molar-refractivity contribution in [1.82, 2.24) is 29.7 Å². The highest BCUT2D eigenvalue weighted by Crippen LogP contribution is 2.53. The van der Waals surface area contributed by atoms with Gasteiger partial charge in [0.2, 0.25) is 17.9 Å². The van der Waals surface area contributed by atoms with Gasteiger partial charge in [0, 0.05) is 74.4 Å². The van der Waals surface area contributed by atoms with E-state index in [2.05, 4.69) is 36.8 Å². The van der Waals surface area contributed by atoms with Crippen LogP contribution in [0.15, 0.2) is 61.1 Å². The predicted octanol–water partition coefficient (Wildman–Crippen LogP) is 6.46. The van der Waals surface area contributed by atoms with Gasteiger partial charge in [-0.3, -0.25) is 4.90 Å². The van der Waals surface area contributed by atoms with Crippen molar-refractivity contribution in [1.29, 1.82) is 0 Å². The molecule has 0 radical (unpaired) electrons. The molecule has 65 heavy (non-hydrogen) atoms. The third-order valence-corrected chi connectivity index (χ3v) is 14.0. The number of carboxylic acids is 1. The minimum Gasteiger partial charge on any atom is -0.490 e. The number of halogens is 3. The van der Waals surface area contributed by atoms with Crippen molar-refractivity contribution in [2.24, 2.45) is 0 Å². The first-order valence-corrected chi connectivity index (χ1v) is 22.7. The van der Waals surface area contributed by atoms with Crippen LogP contribution in [0.2, 0.25) is 10.0 Å². The number of carboxylic acid groups (broad SMARTS) is 1. The highest BCUT2D eigenvalue weighted by molar-refractivity contribution is 7.22. The summed E-state index contributed by atoms with van der Waals surface area (Å²) in [5.41, 5.74) is 4.17. The second-order valence-electron chi connectivity index (χ2n) is 16.5. The van der Waals surface area contributed by atoms with Crippen LogP contribution >= 0.6 is 34.5 Å². The summed E-state index contributed by atoms with van der Waals surface area (Å²) in [4.78, 5) is 38.8. The molecule has 0 spiro atoms. The van der Waals surface area contributed by atoms with Gasteiger partial charge < -0.3 is 44.1 Å². The molecule has 15 nitrogen and oxygen atoms in total. The molecule has 3 aromatic heterocycles. The highest BCUT2D eigenvalue weighted by Gasteiger charge is 2.33. The molecule has 3 N–H and O–H groups in total. The van der Waals surface area contributed by atoms with Crippen LogP contribution in [0.25, 0.3) is 31.8 Å². The van der Waals surface area contributed by atoms with Crippen LogP contribution in [0, 0.1) is 19.7 Å². The number of ether oxygens (including phenoxy) is 4. The van der Waals surface area contributed by atoms with Crippen LogP contribution in [0.4, 0.5) is 10.3 Å². The fourth-order valence-electron chi connectivity index (χ4n) is 8.42. The fourth-order valence-corrected chi connectivity index (χ4v) is 10.1. The number of β-amino-alcohol motifs (C(OH)–C–C–N with tert-alkyl or cyclic N) is 2. The number of aliphatic hydroxyl groups is 2. The summed E-state index contributed by atoms with van der Waals surface area (Å²) >= 11 is 15.9. The summed E-state index contributed by atoms with van der Waals surface area (Å²) < 4.78 is 40.4. The van der Waals surface area contributed by atoms with E-state index in [9.17, 15) is 24.5 Å². The number of hydrogen-bond acceptors (Lipinski definition) is 15. The molecule has 4 atom stereocenters. The van der Waals surface area contributed by atoms with Crippen molar-refractivity contribution >= 4 is 56.7 Å². The molecule has 4 aliphatic heterocycles. The summed E-state index contributed by atoms with van der Waals surface area (Å²) in [6.07, 6.45) is -1.18. The topological polar surface area (TPSA) is 176 Å². The number of likely N-dealkylation sites (N-methyl/N-ethyl adjacent to an activating group) is 1. The molecule has 0 aliphatic carbocycles. The molecule has 7 heterocycles. The lowest BCUT2D eigenvalue weighted by atomic mass is 9.92. The number of benzene rings is 3. The first-order valence-electron chi connectivity index (χ1n) is 21.1. The number of piperazine rings is 1. The smallest absolute Gasteiger partial charge is 0.345 e. The van der Waals surface area contributed by atoms with Crippen LogP contribution in [0.1, 0.15) is 22.4 Å². The normalized spacial score (nSPS) is 20.6. The van der Waals surface area contributed by atoms with Crippen molar-refractivity contribution in [3.8, 4) is 44.7 Å². The van der Waals surface area contributed by atoms with Gasteiger partial charge in [-0.05, 0) is 79.5 Å². The Morgan fingerprint density at radius 1 is 0.938 bits per heavy atom. The standard InChI is InChI=1S/C46H46Cl2FN7O8S/c1-24-36-25(2)40(48)41(39(24)47)63-31(18-55-14-12-54(3)13-15-55)22-61-30-8-9-34(62-21-29-10-11-50-46(53-29)56-19-32(57)33(58)20-56)27(16-30)17-35(45(59)60)64-43-38-37(36)42(65-44(38)52-23-51-43)26-4-6-28(49)7-5-26/h4-11,16,23,31-33,35,57-58H,12-15,17-22H2,1-3H3,(H,59,60)/t31-,32+,33+,35-/m1/s1. The van der Waals surface area contributed by atoms with Gasteiger partial charge in [-0.15, -0.1) is 11.3 Å². The van der Waals surface area contributed by atoms with Gasteiger partial charge in [-0.2, -0.15) is 0 Å². The van der Waals surface area contributed by atoms with Gasteiger partial charge in [-0.1, -0.05) is 35.3 Å². The van der Waals surface area contributed by atoms with E-state index in [-0.39, 0.29) is 48.6 Å². The molecule has 2 fully saturated rings. The molecular formula is C46H46Cl2FN7O8S. The zero-order valence-corrected chi connectivity index (χ0v) is 38.0. The SMILES string of the molecule is Cc1c(Cl)c2c(Cl)c(C)c1-c1c(-c3ccc(F)cc3)sc3ncnc(c13)O[C@@H](C(=O)O)Cc1cc(ccc1OCc1ccnc(N3C[C@H](O)[C@@H](O)C3)n1)OC[C@@H](CN1CCN(C)CC1)O2. The number of aromatic nitrogens is 4. The van der Waals surface area contributed by atoms with Crippen LogP contribution in [-0.2, 0) is 17.8 Å². The van der Waals surface area contributed by atoms with Gasteiger partial charge in [0.1, 0.15) is 47.8 Å². The average molecular weight is 947 g/mol. The largest absolute Gasteiger partial charge is 0.490 e. The van der Waals surface area contributed by atoms with E-state index < -0.39 is 36.2 Å². The quantitative estimate of drug-likeness (QED) is 0.152. The molecule has 6 aromatic rings. The molecule has 0 saturated carbocycles. The summed E-state index contributed by atoms with van der Waals surface area (Å²) in [5.74, 6) is -0.252. The number of aliphatic hydroxyl groups excluding tert-OH is 2. The predicted molar refractivity (Wildman–Crippen MR) is 244 cm³/mol. The Labute approximate surface area is 387 Å². The van der Waals surface area contributed by atoms with Gasteiger partial charge >= 0.3 is 5.97 Å². The summed E-state index contributed by atoms with van der Waals surface area (Å²) in [7, 11) is 2.09. The lowest BCUT2D eigenvalue weighted by molar-refractivity contribution is -0.145. The second kappa shape index (κ2) is 18.8. The van der Waals surface area contributed by atoms with Crippen molar-refractivity contribution in [3.05, 3.63) is 99.3 Å². The van der Waals surface area contributed by atoms with E-state index in [0.717, 1.165) is 26.2 Å². The van der Waals surface area contributed by atoms with E-state index in [1.165, 1.54) is 29.8 Å². The fraction of sp³-hybridized carbons (Fsp3) is 0.370. The zero-order chi connectivity index (χ0) is 45.5. The number of nitrogens with zero attached hydrogens (tertiary/aromatic N) is 7. The van der Waals surface area contributed by atoms with Gasteiger partial charge in [0.25, 0.3) is 0 Å². The van der Waals surface area contributed by atoms with Crippen molar-refractivity contribution < 1.29 is 43.5 Å². The maximum absolute atomic E-state index is 14.3.